The van der Waals surface area contributed by atoms with Crippen LogP contribution in [-0.2, 0) is 6.42 Å². The van der Waals surface area contributed by atoms with Crippen molar-refractivity contribution >= 4 is 0 Å². The van der Waals surface area contributed by atoms with Gasteiger partial charge in [-0.25, -0.2) is 0 Å². The molecule has 0 spiro atoms. The van der Waals surface area contributed by atoms with Gasteiger partial charge in [-0.1, -0.05) is 30.3 Å². The molecule has 3 atom stereocenters. The van der Waals surface area contributed by atoms with Crippen molar-refractivity contribution in [1.82, 2.24) is 4.90 Å². The minimum Gasteiger partial charge on any atom is -0.329 e. The fraction of sp³-hybridized carbons (Fsp3) is 0.625. The molecule has 2 heteroatoms. The molecule has 0 aromatic heterocycles. The number of rotatable bonds is 5. The summed E-state index contributed by atoms with van der Waals surface area (Å²) in [4.78, 5) is 2.71. The van der Waals surface area contributed by atoms with E-state index in [0.29, 0.717) is 6.04 Å². The number of nitrogens with two attached hydrogens (primary N) is 1. The lowest BCUT2D eigenvalue weighted by molar-refractivity contribution is 0.145. The van der Waals surface area contributed by atoms with E-state index in [1.165, 1.54) is 37.8 Å². The van der Waals surface area contributed by atoms with E-state index in [-0.39, 0.29) is 0 Å². The molecule has 1 aliphatic heterocycles. The summed E-state index contributed by atoms with van der Waals surface area (Å²) in [6.07, 6.45) is 6.67. The summed E-state index contributed by atoms with van der Waals surface area (Å²) in [5, 5.41) is 0. The first-order valence-electron chi connectivity index (χ1n) is 7.36. The van der Waals surface area contributed by atoms with Crippen molar-refractivity contribution in [3.05, 3.63) is 35.9 Å². The highest BCUT2D eigenvalue weighted by Crippen LogP contribution is 2.38. The molecule has 2 fully saturated rings. The fourth-order valence-corrected chi connectivity index (χ4v) is 3.81. The number of hydrogen-bond donors (Lipinski definition) is 1. The van der Waals surface area contributed by atoms with E-state index in [1.807, 2.05) is 0 Å². The molecule has 1 aromatic rings. The maximum Gasteiger partial charge on any atom is 0.0224 e. The molecule has 3 rings (SSSR count). The maximum atomic E-state index is 6.01. The van der Waals surface area contributed by atoms with Gasteiger partial charge in [0.15, 0.2) is 0 Å². The molecule has 1 saturated carbocycles. The van der Waals surface area contributed by atoms with Gasteiger partial charge in [0.1, 0.15) is 0 Å². The van der Waals surface area contributed by atoms with Crippen molar-refractivity contribution in [3.8, 4) is 0 Å². The Bertz CT molecular complexity index is 376. The predicted octanol–water partition coefficient (Wildman–Crippen LogP) is 2.43. The largest absolute Gasteiger partial charge is 0.329 e. The van der Waals surface area contributed by atoms with Crippen molar-refractivity contribution in [1.29, 1.82) is 0 Å². The highest BCUT2D eigenvalue weighted by Gasteiger charge is 2.40. The van der Waals surface area contributed by atoms with Gasteiger partial charge in [-0.15, -0.1) is 0 Å². The van der Waals surface area contributed by atoms with Crippen LogP contribution in [0.5, 0.6) is 0 Å². The zero-order valence-electron chi connectivity index (χ0n) is 11.1. The van der Waals surface area contributed by atoms with E-state index >= 15 is 0 Å². The second kappa shape index (κ2) is 5.41. The Morgan fingerprint density at radius 2 is 2.06 bits per heavy atom. The lowest BCUT2D eigenvalue weighted by atomic mass is 10.0. The van der Waals surface area contributed by atoms with Gasteiger partial charge >= 0.3 is 0 Å². The third-order valence-corrected chi connectivity index (χ3v) is 4.80. The maximum absolute atomic E-state index is 6.01. The van der Waals surface area contributed by atoms with Crippen LogP contribution in [0.1, 0.15) is 31.2 Å². The van der Waals surface area contributed by atoms with Gasteiger partial charge in [0.05, 0.1) is 0 Å². The number of fused-ring (bicyclic) bond motifs is 2. The van der Waals surface area contributed by atoms with Crippen LogP contribution in [0.15, 0.2) is 30.3 Å². The van der Waals surface area contributed by atoms with Gasteiger partial charge in [-0.2, -0.15) is 0 Å². The summed E-state index contributed by atoms with van der Waals surface area (Å²) in [5.74, 6) is 0.973. The van der Waals surface area contributed by atoms with E-state index in [0.717, 1.165) is 24.9 Å². The molecule has 2 aliphatic rings. The summed E-state index contributed by atoms with van der Waals surface area (Å²) in [7, 11) is 0. The highest BCUT2D eigenvalue weighted by atomic mass is 15.2. The second-order valence-electron chi connectivity index (χ2n) is 5.94. The first-order chi connectivity index (χ1) is 8.86. The molecule has 0 radical (unpaired) electrons. The average molecular weight is 244 g/mol. The van der Waals surface area contributed by atoms with E-state index in [2.05, 4.69) is 35.2 Å². The number of hydrogen-bond acceptors (Lipinski definition) is 2. The summed E-state index contributed by atoms with van der Waals surface area (Å²) >= 11 is 0. The normalized spacial score (nSPS) is 28.7. The quantitative estimate of drug-likeness (QED) is 0.862. The predicted molar refractivity (Wildman–Crippen MR) is 75.4 cm³/mol. The summed E-state index contributed by atoms with van der Waals surface area (Å²) in [5.41, 5.74) is 7.45. The smallest absolute Gasteiger partial charge is 0.0224 e. The van der Waals surface area contributed by atoms with Crippen LogP contribution >= 0.6 is 0 Å². The minimum atomic E-state index is 0.598. The highest BCUT2D eigenvalue weighted by molar-refractivity contribution is 5.15. The molecule has 0 amide bonds. The van der Waals surface area contributed by atoms with Crippen LogP contribution in [0, 0.1) is 5.92 Å². The molecule has 1 heterocycles. The molecule has 2 N–H and O–H groups in total. The first-order valence-corrected chi connectivity index (χ1v) is 7.36. The van der Waals surface area contributed by atoms with Crippen LogP contribution in [0.3, 0.4) is 0 Å². The van der Waals surface area contributed by atoms with Gasteiger partial charge < -0.3 is 5.73 Å². The lowest BCUT2D eigenvalue weighted by Crippen LogP contribution is -2.45. The number of likely N-dealkylation sites (tertiary alicyclic amines) is 1. The van der Waals surface area contributed by atoms with Crippen LogP contribution in [0.2, 0.25) is 0 Å². The van der Waals surface area contributed by atoms with Crippen LogP contribution in [0.25, 0.3) is 0 Å². The topological polar surface area (TPSA) is 29.3 Å². The van der Waals surface area contributed by atoms with Gasteiger partial charge in [0.25, 0.3) is 0 Å². The second-order valence-corrected chi connectivity index (χ2v) is 5.94. The van der Waals surface area contributed by atoms with Gasteiger partial charge in [0.2, 0.25) is 0 Å². The molecule has 1 saturated heterocycles. The zero-order valence-corrected chi connectivity index (χ0v) is 11.1. The Hall–Kier alpha value is -0.860. The van der Waals surface area contributed by atoms with E-state index in [1.54, 1.807) is 0 Å². The molecule has 1 aromatic carbocycles. The molecule has 18 heavy (non-hydrogen) atoms. The van der Waals surface area contributed by atoms with Crippen molar-refractivity contribution in [2.45, 2.75) is 44.2 Å². The number of piperidine rings is 1. The molecule has 1 aliphatic carbocycles. The Morgan fingerprint density at radius 1 is 1.22 bits per heavy atom. The molecule has 3 unspecified atom stereocenters. The van der Waals surface area contributed by atoms with Gasteiger partial charge in [0, 0.05) is 25.2 Å². The molecular formula is C16H24N2. The van der Waals surface area contributed by atoms with Crippen molar-refractivity contribution in [2.75, 3.05) is 13.1 Å². The Balaban J connectivity index is 1.57. The van der Waals surface area contributed by atoms with Gasteiger partial charge in [-0.3, -0.25) is 4.90 Å². The first kappa shape index (κ1) is 12.2. The van der Waals surface area contributed by atoms with Crippen molar-refractivity contribution in [2.24, 2.45) is 11.7 Å². The third kappa shape index (κ3) is 2.45. The third-order valence-electron chi connectivity index (χ3n) is 4.80. The van der Waals surface area contributed by atoms with Crippen LogP contribution in [0.4, 0.5) is 0 Å². The molecule has 2 bridgehead atoms. The SMILES string of the molecule is NCC(CCc1ccccc1)N1CC2CCC1C2. The average Bonchev–Trinajstić information content (AvgIpc) is 3.03. The molecular weight excluding hydrogens is 220 g/mol. The summed E-state index contributed by atoms with van der Waals surface area (Å²) < 4.78 is 0. The fourth-order valence-electron chi connectivity index (χ4n) is 3.81. The summed E-state index contributed by atoms with van der Waals surface area (Å²) in [6.45, 7) is 2.12. The minimum absolute atomic E-state index is 0.598. The monoisotopic (exact) mass is 244 g/mol. The van der Waals surface area contributed by atoms with Crippen molar-refractivity contribution in [3.63, 3.8) is 0 Å². The Labute approximate surface area is 110 Å². The zero-order chi connectivity index (χ0) is 12.4. The van der Waals surface area contributed by atoms with Crippen LogP contribution in [-0.4, -0.2) is 30.1 Å². The standard InChI is InChI=1S/C16H24N2/c17-11-16(9-6-13-4-2-1-3-5-13)18-12-14-7-8-15(18)10-14/h1-5,14-16H,6-12,17H2. The Kier molecular flexibility index (Phi) is 3.67. The molecule has 2 nitrogen and oxygen atoms in total. The number of aryl methyl sites for hydroxylation is 1. The summed E-state index contributed by atoms with van der Waals surface area (Å²) in [6, 6.07) is 12.2. The number of nitrogens with zero attached hydrogens (tertiary/aromatic N) is 1. The van der Waals surface area contributed by atoms with Crippen LogP contribution < -0.4 is 5.73 Å². The molecule has 98 valence electrons. The van der Waals surface area contributed by atoms with Crippen molar-refractivity contribution < 1.29 is 0 Å². The van der Waals surface area contributed by atoms with Gasteiger partial charge in [-0.05, 0) is 43.6 Å². The lowest BCUT2D eigenvalue weighted by Gasteiger charge is -2.34. The Morgan fingerprint density at radius 3 is 2.67 bits per heavy atom. The van der Waals surface area contributed by atoms with E-state index < -0.39 is 0 Å². The van der Waals surface area contributed by atoms with E-state index in [4.69, 9.17) is 5.73 Å². The van der Waals surface area contributed by atoms with E-state index in [9.17, 15) is 0 Å². The number of benzene rings is 1.